The van der Waals surface area contributed by atoms with Crippen LogP contribution in [0.1, 0.15) is 57.5 Å². The van der Waals surface area contributed by atoms with E-state index in [4.69, 9.17) is 16.3 Å². The van der Waals surface area contributed by atoms with Gasteiger partial charge in [-0.25, -0.2) is 10.1 Å². The second-order valence-corrected chi connectivity index (χ2v) is 15.1. The number of furan rings is 1. The second-order valence-electron chi connectivity index (χ2n) is 13.0. The van der Waals surface area contributed by atoms with Crippen molar-refractivity contribution >= 4 is 67.1 Å². The lowest BCUT2D eigenvalue weighted by Gasteiger charge is -2.28. The van der Waals surface area contributed by atoms with Crippen LogP contribution in [0.25, 0.3) is 41.9 Å². The van der Waals surface area contributed by atoms with Gasteiger partial charge in [0.05, 0.1) is 17.3 Å². The van der Waals surface area contributed by atoms with Crippen molar-refractivity contribution in [2.24, 2.45) is 0 Å². The van der Waals surface area contributed by atoms with E-state index < -0.39 is 0 Å². The molecule has 3 aromatic heterocycles. The molecule has 0 aliphatic heterocycles. The highest BCUT2D eigenvalue weighted by atomic mass is 32.1. The third kappa shape index (κ3) is 5.67. The molecule has 44 heavy (non-hydrogen) atoms. The van der Waals surface area contributed by atoms with Crippen LogP contribution >= 0.6 is 22.7 Å². The molecule has 4 nitrogen and oxygen atoms in total. The lowest BCUT2D eigenvalue weighted by molar-refractivity contribution is 0.590. The molecular formula is C38H33N3OS2. The molecule has 0 bridgehead atoms. The predicted octanol–water partition coefficient (Wildman–Crippen LogP) is 12.2. The lowest BCUT2D eigenvalue weighted by Crippen LogP contribution is -2.14. The highest BCUT2D eigenvalue weighted by Gasteiger charge is 2.20. The number of thiophene rings is 2. The first kappa shape index (κ1) is 29.5. The third-order valence-electron chi connectivity index (χ3n) is 7.75. The van der Waals surface area contributed by atoms with Gasteiger partial charge in [0, 0.05) is 49.2 Å². The van der Waals surface area contributed by atoms with Crippen molar-refractivity contribution in [3.63, 3.8) is 0 Å². The highest BCUT2D eigenvalue weighted by molar-refractivity contribution is 7.26. The number of fused-ring (bicyclic) bond motifs is 3. The lowest BCUT2D eigenvalue weighted by atomic mass is 9.86. The number of allylic oxidation sites excluding steroid dienone is 1. The average molecular weight is 612 g/mol. The fourth-order valence-electron chi connectivity index (χ4n) is 5.26. The average Bonchev–Trinajstić information content (AvgIpc) is 3.70. The van der Waals surface area contributed by atoms with Crippen LogP contribution in [-0.2, 0) is 10.8 Å². The SMILES string of the molecule is [C-]#[N+]/C(C#N)=C\c1ccc(-c2cc3oc4cc(N(c5ccc(C(C)(C)C)cc5)c5ccc(C(C)(C)C)cc5)ccc4c3s2)s1. The summed E-state index contributed by atoms with van der Waals surface area (Å²) in [6.45, 7) is 20.6. The Balaban J connectivity index is 1.40. The van der Waals surface area contributed by atoms with Crippen molar-refractivity contribution in [2.45, 2.75) is 52.4 Å². The fourth-order valence-corrected chi connectivity index (χ4v) is 7.40. The van der Waals surface area contributed by atoms with Gasteiger partial charge in [0.25, 0.3) is 5.70 Å². The minimum Gasteiger partial charge on any atom is -0.455 e. The molecule has 0 radical (unpaired) electrons. The Hall–Kier alpha value is -4.62. The summed E-state index contributed by atoms with van der Waals surface area (Å²) in [5.41, 5.74) is 7.77. The number of nitriles is 1. The van der Waals surface area contributed by atoms with E-state index in [9.17, 15) is 0 Å². The quantitative estimate of drug-likeness (QED) is 0.144. The van der Waals surface area contributed by atoms with Crippen molar-refractivity contribution in [3.05, 3.63) is 118 Å². The van der Waals surface area contributed by atoms with Crippen molar-refractivity contribution in [1.82, 2.24) is 0 Å². The van der Waals surface area contributed by atoms with Crippen LogP contribution in [0.3, 0.4) is 0 Å². The van der Waals surface area contributed by atoms with Crippen molar-refractivity contribution in [1.29, 1.82) is 5.26 Å². The first-order chi connectivity index (χ1) is 20.9. The van der Waals surface area contributed by atoms with E-state index in [1.54, 1.807) is 28.7 Å². The first-order valence-electron chi connectivity index (χ1n) is 14.5. The van der Waals surface area contributed by atoms with Crippen LogP contribution in [0.5, 0.6) is 0 Å². The molecule has 0 atom stereocenters. The fraction of sp³-hybridized carbons (Fsp3) is 0.211. The number of hydrogen-bond acceptors (Lipinski definition) is 5. The van der Waals surface area contributed by atoms with Gasteiger partial charge >= 0.3 is 0 Å². The molecule has 0 aliphatic rings. The molecule has 0 fully saturated rings. The van der Waals surface area contributed by atoms with Crippen LogP contribution < -0.4 is 4.90 Å². The minimum atomic E-state index is 0.0775. The van der Waals surface area contributed by atoms with E-state index in [-0.39, 0.29) is 16.5 Å². The van der Waals surface area contributed by atoms with Crippen LogP contribution in [-0.4, -0.2) is 0 Å². The van der Waals surface area contributed by atoms with Crippen molar-refractivity contribution in [3.8, 4) is 15.8 Å². The van der Waals surface area contributed by atoms with E-state index >= 15 is 0 Å². The van der Waals surface area contributed by atoms with E-state index in [2.05, 4.69) is 124 Å². The van der Waals surface area contributed by atoms with Gasteiger partial charge < -0.3 is 9.32 Å². The van der Waals surface area contributed by atoms with Gasteiger partial charge in [-0.15, -0.1) is 22.7 Å². The number of benzene rings is 3. The van der Waals surface area contributed by atoms with E-state index in [1.807, 2.05) is 18.2 Å². The van der Waals surface area contributed by atoms with Crippen LogP contribution in [0.15, 0.2) is 95.0 Å². The largest absolute Gasteiger partial charge is 0.455 e. The Labute approximate surface area is 266 Å². The molecule has 0 amide bonds. The van der Waals surface area contributed by atoms with Gasteiger partial charge in [0.15, 0.2) is 0 Å². The normalized spacial score (nSPS) is 12.4. The standard InChI is InChI=1S/C38H33N3OS2/c1-37(2,3)24-8-12-27(13-9-24)41(28-14-10-25(11-15-28)38(4,5)6)29-16-18-31-32(21-29)42-33-22-35(44-36(31)33)34-19-17-30(43-34)20-26(23-39)40-7/h8-22H,1-6H3/b26-20-. The maximum atomic E-state index is 9.10. The number of nitrogens with zero attached hydrogens (tertiary/aromatic N) is 3. The molecule has 0 saturated heterocycles. The summed E-state index contributed by atoms with van der Waals surface area (Å²) in [5.74, 6) is 0. The first-order valence-corrected chi connectivity index (χ1v) is 16.1. The summed E-state index contributed by atoms with van der Waals surface area (Å²) in [4.78, 5) is 8.64. The number of rotatable bonds is 5. The Morgan fingerprint density at radius 2 is 1.34 bits per heavy atom. The van der Waals surface area contributed by atoms with Crippen LogP contribution in [0.2, 0.25) is 0 Å². The van der Waals surface area contributed by atoms with Crippen molar-refractivity contribution < 1.29 is 4.42 Å². The summed E-state index contributed by atoms with van der Waals surface area (Å²) in [6, 6.07) is 32.2. The third-order valence-corrected chi connectivity index (χ3v) is 10.1. The Morgan fingerprint density at radius 3 is 1.89 bits per heavy atom. The van der Waals surface area contributed by atoms with Gasteiger partial charge in [0.1, 0.15) is 11.2 Å². The van der Waals surface area contributed by atoms with E-state index in [1.165, 1.54) is 11.1 Å². The zero-order chi connectivity index (χ0) is 31.2. The van der Waals surface area contributed by atoms with Gasteiger partial charge in [-0.05, 0) is 76.6 Å². The van der Waals surface area contributed by atoms with Crippen LogP contribution in [0, 0.1) is 17.9 Å². The van der Waals surface area contributed by atoms with Gasteiger partial charge in [-0.3, -0.25) is 0 Å². The van der Waals surface area contributed by atoms with Crippen LogP contribution in [0.4, 0.5) is 17.1 Å². The summed E-state index contributed by atoms with van der Waals surface area (Å²) in [5, 5.41) is 10.2. The second kappa shape index (κ2) is 11.1. The maximum Gasteiger partial charge on any atom is 0.263 e. The Kier molecular flexibility index (Phi) is 7.46. The van der Waals surface area contributed by atoms with Gasteiger partial charge in [-0.2, -0.15) is 0 Å². The van der Waals surface area contributed by atoms with Gasteiger partial charge in [-0.1, -0.05) is 65.8 Å². The zero-order valence-corrected chi connectivity index (χ0v) is 27.4. The summed E-state index contributed by atoms with van der Waals surface area (Å²) >= 11 is 3.27. The molecule has 0 N–H and O–H groups in total. The monoisotopic (exact) mass is 611 g/mol. The molecule has 218 valence electrons. The summed E-state index contributed by atoms with van der Waals surface area (Å²) in [6.07, 6.45) is 1.63. The maximum absolute atomic E-state index is 9.10. The Morgan fingerprint density at radius 1 is 0.750 bits per heavy atom. The summed E-state index contributed by atoms with van der Waals surface area (Å²) in [7, 11) is 0. The molecule has 3 heterocycles. The molecule has 6 aromatic rings. The molecule has 3 aromatic carbocycles. The van der Waals surface area contributed by atoms with Gasteiger partial charge in [0.2, 0.25) is 0 Å². The van der Waals surface area contributed by atoms with E-state index in [0.717, 1.165) is 52.9 Å². The molecular weight excluding hydrogens is 579 g/mol. The zero-order valence-electron chi connectivity index (χ0n) is 25.7. The molecule has 0 spiro atoms. The molecule has 6 rings (SSSR count). The molecule has 0 aliphatic carbocycles. The predicted molar refractivity (Wildman–Crippen MR) is 187 cm³/mol. The molecule has 0 unspecified atom stereocenters. The minimum absolute atomic E-state index is 0.0775. The molecule has 6 heteroatoms. The summed E-state index contributed by atoms with van der Waals surface area (Å²) < 4.78 is 7.56. The topological polar surface area (TPSA) is 44.5 Å². The van der Waals surface area contributed by atoms with Crippen molar-refractivity contribution in [2.75, 3.05) is 4.90 Å². The smallest absolute Gasteiger partial charge is 0.263 e. The Bertz CT molecular complexity index is 2020. The number of hydrogen-bond donors (Lipinski definition) is 0. The highest BCUT2D eigenvalue weighted by Crippen LogP contribution is 2.44. The van der Waals surface area contributed by atoms with E-state index in [0.29, 0.717) is 0 Å². The number of anilines is 3. The molecule has 0 saturated carbocycles.